The van der Waals surface area contributed by atoms with Crippen LogP contribution in [0.3, 0.4) is 0 Å². The van der Waals surface area contributed by atoms with Crippen LogP contribution in [0.1, 0.15) is 44.2 Å². The molecule has 0 spiro atoms. The Kier molecular flexibility index (Phi) is 5.70. The monoisotopic (exact) mass is 322 g/mol. The van der Waals surface area contributed by atoms with E-state index in [0.717, 1.165) is 13.1 Å². The van der Waals surface area contributed by atoms with Gasteiger partial charge in [-0.05, 0) is 62.4 Å². The van der Waals surface area contributed by atoms with Gasteiger partial charge in [0.15, 0.2) is 0 Å². The summed E-state index contributed by atoms with van der Waals surface area (Å²) < 4.78 is 0. The molecule has 128 valence electrons. The highest BCUT2D eigenvalue weighted by Crippen LogP contribution is 2.38. The van der Waals surface area contributed by atoms with Gasteiger partial charge >= 0.3 is 0 Å². The highest BCUT2D eigenvalue weighted by molar-refractivity contribution is 5.68. The molecule has 0 aromatic heterocycles. The third-order valence-electron chi connectivity index (χ3n) is 5.36. The highest BCUT2D eigenvalue weighted by Gasteiger charge is 2.36. The van der Waals surface area contributed by atoms with E-state index in [1.165, 1.54) is 36.0 Å². The Balaban J connectivity index is 1.74. The van der Waals surface area contributed by atoms with E-state index >= 15 is 0 Å². The smallest absolute Gasteiger partial charge is 0.0291 e. The minimum Gasteiger partial charge on any atom is -0.316 e. The molecule has 1 aromatic rings. The molecule has 3 rings (SSSR count). The number of benzene rings is 1. The van der Waals surface area contributed by atoms with Crippen LogP contribution in [0.2, 0.25) is 0 Å². The average molecular weight is 322 g/mol. The van der Waals surface area contributed by atoms with E-state index in [4.69, 9.17) is 0 Å². The van der Waals surface area contributed by atoms with Gasteiger partial charge in [-0.1, -0.05) is 48.6 Å². The number of nitrogens with zero attached hydrogens (tertiary/aromatic N) is 1. The van der Waals surface area contributed by atoms with Crippen molar-refractivity contribution in [1.82, 2.24) is 10.2 Å². The maximum atomic E-state index is 3.21. The molecule has 2 nitrogen and oxygen atoms in total. The van der Waals surface area contributed by atoms with Gasteiger partial charge in [-0.15, -0.1) is 0 Å². The largest absolute Gasteiger partial charge is 0.316 e. The van der Waals surface area contributed by atoms with Crippen LogP contribution in [-0.2, 0) is 6.54 Å². The molecule has 0 radical (unpaired) electrons. The summed E-state index contributed by atoms with van der Waals surface area (Å²) in [5.41, 5.74) is 5.74. The Hall–Kier alpha value is -1.64. The molecule has 2 heteroatoms. The van der Waals surface area contributed by atoms with Crippen LogP contribution in [-0.4, -0.2) is 30.6 Å². The van der Waals surface area contributed by atoms with Crippen LogP contribution in [0.15, 0.2) is 54.1 Å². The third-order valence-corrected chi connectivity index (χ3v) is 5.36. The predicted molar refractivity (Wildman–Crippen MR) is 104 cm³/mol. The quantitative estimate of drug-likeness (QED) is 0.773. The van der Waals surface area contributed by atoms with Crippen molar-refractivity contribution < 1.29 is 0 Å². The molecular weight excluding hydrogens is 292 g/mol. The summed E-state index contributed by atoms with van der Waals surface area (Å²) in [7, 11) is 2.00. The van der Waals surface area contributed by atoms with E-state index in [9.17, 15) is 0 Å². The molecule has 2 aliphatic heterocycles. The maximum Gasteiger partial charge on any atom is 0.0291 e. The highest BCUT2D eigenvalue weighted by atomic mass is 15.2. The van der Waals surface area contributed by atoms with Gasteiger partial charge in [0.25, 0.3) is 0 Å². The lowest BCUT2D eigenvalue weighted by Gasteiger charge is -2.34. The molecule has 2 atom stereocenters. The Morgan fingerprint density at radius 3 is 2.62 bits per heavy atom. The Morgan fingerprint density at radius 1 is 1.21 bits per heavy atom. The van der Waals surface area contributed by atoms with Gasteiger partial charge in [0.1, 0.15) is 0 Å². The number of fused-ring (bicyclic) bond motifs is 2. The standard InChI is InChI=1S/C22H30N2/c1-4-6-17(5-2)16-24-21-11-12-22(24)14-20(13-21)19-9-7-18(8-10-19)15-23-3/h4-10,13,21-23H,11-12,14-16H2,1-3H3. The molecular formula is C22H30N2. The summed E-state index contributed by atoms with van der Waals surface area (Å²) in [6, 6.07) is 10.4. The Bertz CT molecular complexity index is 636. The van der Waals surface area contributed by atoms with Crippen LogP contribution in [0.25, 0.3) is 5.57 Å². The van der Waals surface area contributed by atoms with Crippen LogP contribution in [0.5, 0.6) is 0 Å². The van der Waals surface area contributed by atoms with Crippen molar-refractivity contribution in [2.45, 2.75) is 51.7 Å². The molecule has 1 fully saturated rings. The van der Waals surface area contributed by atoms with E-state index < -0.39 is 0 Å². The minimum absolute atomic E-state index is 0.607. The normalized spacial score (nSPS) is 24.6. The second-order valence-corrected chi connectivity index (χ2v) is 6.96. The Labute approximate surface area is 146 Å². The summed E-state index contributed by atoms with van der Waals surface area (Å²) in [5.74, 6) is 0. The molecule has 24 heavy (non-hydrogen) atoms. The third kappa shape index (κ3) is 3.71. The van der Waals surface area contributed by atoms with E-state index in [2.05, 4.69) is 72.6 Å². The van der Waals surface area contributed by atoms with Gasteiger partial charge in [-0.25, -0.2) is 0 Å². The lowest BCUT2D eigenvalue weighted by Crippen LogP contribution is -2.39. The number of allylic oxidation sites excluding steroid dienone is 2. The van der Waals surface area contributed by atoms with Crippen LogP contribution in [0, 0.1) is 0 Å². The van der Waals surface area contributed by atoms with Crippen molar-refractivity contribution >= 4 is 5.57 Å². The van der Waals surface area contributed by atoms with Crippen molar-refractivity contribution in [3.63, 3.8) is 0 Å². The van der Waals surface area contributed by atoms with Gasteiger partial charge in [0.05, 0.1) is 0 Å². The fourth-order valence-electron chi connectivity index (χ4n) is 4.08. The molecule has 1 N–H and O–H groups in total. The molecule has 2 bridgehead atoms. The number of nitrogens with one attached hydrogen (secondary N) is 1. The van der Waals surface area contributed by atoms with E-state index in [1.54, 1.807) is 5.57 Å². The zero-order valence-corrected chi connectivity index (χ0v) is 15.3. The summed E-state index contributed by atoms with van der Waals surface area (Å²) in [4.78, 5) is 2.70. The van der Waals surface area contributed by atoms with E-state index in [0.29, 0.717) is 12.1 Å². The van der Waals surface area contributed by atoms with E-state index in [1.807, 2.05) is 7.05 Å². The van der Waals surface area contributed by atoms with Gasteiger partial charge in [0.2, 0.25) is 0 Å². The van der Waals surface area contributed by atoms with Gasteiger partial charge in [-0.3, -0.25) is 4.90 Å². The van der Waals surface area contributed by atoms with Crippen molar-refractivity contribution in [2.75, 3.05) is 13.6 Å². The average Bonchev–Trinajstić information content (AvgIpc) is 2.83. The lowest BCUT2D eigenvalue weighted by molar-refractivity contribution is 0.233. The van der Waals surface area contributed by atoms with E-state index in [-0.39, 0.29) is 0 Å². The second kappa shape index (κ2) is 7.96. The topological polar surface area (TPSA) is 15.3 Å². The summed E-state index contributed by atoms with van der Waals surface area (Å²) in [5, 5.41) is 3.21. The minimum atomic E-state index is 0.607. The number of hydrogen-bond acceptors (Lipinski definition) is 2. The lowest BCUT2D eigenvalue weighted by atomic mass is 9.93. The number of rotatable bonds is 6. The molecule has 0 aliphatic carbocycles. The SMILES string of the molecule is CC=CC(=CC)CN1C2C=C(c3ccc(CNC)cc3)CC1CC2. The molecule has 0 amide bonds. The van der Waals surface area contributed by atoms with Gasteiger partial charge < -0.3 is 5.32 Å². The molecule has 2 aliphatic rings. The van der Waals surface area contributed by atoms with Crippen LogP contribution >= 0.6 is 0 Å². The van der Waals surface area contributed by atoms with Crippen LogP contribution in [0.4, 0.5) is 0 Å². The van der Waals surface area contributed by atoms with Gasteiger partial charge in [0, 0.05) is 25.2 Å². The molecule has 2 unspecified atom stereocenters. The van der Waals surface area contributed by atoms with Crippen molar-refractivity contribution in [1.29, 1.82) is 0 Å². The first-order chi connectivity index (χ1) is 11.7. The molecule has 1 aromatic carbocycles. The first-order valence-electron chi connectivity index (χ1n) is 9.23. The zero-order chi connectivity index (χ0) is 16.9. The molecule has 1 saturated heterocycles. The second-order valence-electron chi connectivity index (χ2n) is 6.96. The summed E-state index contributed by atoms with van der Waals surface area (Å²) >= 11 is 0. The Morgan fingerprint density at radius 2 is 2.00 bits per heavy atom. The maximum absolute atomic E-state index is 3.21. The first-order valence-corrected chi connectivity index (χ1v) is 9.23. The predicted octanol–water partition coefficient (Wildman–Crippen LogP) is 4.55. The molecule has 2 heterocycles. The zero-order valence-electron chi connectivity index (χ0n) is 15.3. The fourth-order valence-corrected chi connectivity index (χ4v) is 4.08. The van der Waals surface area contributed by atoms with Crippen molar-refractivity contribution in [2.24, 2.45) is 0 Å². The fraction of sp³-hybridized carbons (Fsp3) is 0.455. The van der Waals surface area contributed by atoms with Crippen molar-refractivity contribution in [3.05, 3.63) is 65.3 Å². The first kappa shape index (κ1) is 17.2. The summed E-state index contributed by atoms with van der Waals surface area (Å²) in [6.07, 6.45) is 13.0. The molecule has 0 saturated carbocycles. The number of hydrogen-bond donors (Lipinski definition) is 1. The van der Waals surface area contributed by atoms with Gasteiger partial charge in [-0.2, -0.15) is 0 Å². The van der Waals surface area contributed by atoms with Crippen molar-refractivity contribution in [3.8, 4) is 0 Å². The summed E-state index contributed by atoms with van der Waals surface area (Å²) in [6.45, 7) is 6.27. The van der Waals surface area contributed by atoms with Crippen LogP contribution < -0.4 is 5.32 Å².